The fourth-order valence-electron chi connectivity index (χ4n) is 2.29. The number of aliphatic hydroxyl groups excluding tert-OH is 1. The normalized spacial score (nSPS) is 45.8. The minimum absolute atomic E-state index is 0.0973. The zero-order valence-electron chi connectivity index (χ0n) is 7.01. The van der Waals surface area contributed by atoms with Crippen molar-refractivity contribution in [1.82, 2.24) is 10.2 Å². The summed E-state index contributed by atoms with van der Waals surface area (Å²) >= 11 is 0. The second-order valence-corrected chi connectivity index (χ2v) is 3.98. The minimum atomic E-state index is -0.0973. The number of rotatable bonds is 0. The number of nitrogens with one attached hydrogen (secondary N) is 1. The highest BCUT2D eigenvalue weighted by molar-refractivity contribution is 5.00. The van der Waals surface area contributed by atoms with Gasteiger partial charge in [-0.25, -0.2) is 0 Å². The first kappa shape index (κ1) is 7.53. The Morgan fingerprint density at radius 2 is 2.45 bits per heavy atom. The van der Waals surface area contributed by atoms with Crippen molar-refractivity contribution >= 4 is 0 Å². The molecule has 64 valence electrons. The van der Waals surface area contributed by atoms with Crippen molar-refractivity contribution in [2.45, 2.75) is 25.0 Å². The van der Waals surface area contributed by atoms with Gasteiger partial charge in [-0.2, -0.15) is 0 Å². The van der Waals surface area contributed by atoms with E-state index in [0.717, 1.165) is 32.6 Å². The van der Waals surface area contributed by atoms with Crippen molar-refractivity contribution in [3.05, 3.63) is 0 Å². The Morgan fingerprint density at radius 1 is 1.64 bits per heavy atom. The maximum Gasteiger partial charge on any atom is 0.0685 e. The van der Waals surface area contributed by atoms with E-state index in [1.165, 1.54) is 0 Å². The van der Waals surface area contributed by atoms with Gasteiger partial charge in [0.2, 0.25) is 0 Å². The molecule has 2 atom stereocenters. The molecule has 2 aliphatic heterocycles. The average Bonchev–Trinajstić information content (AvgIpc) is 2.22. The van der Waals surface area contributed by atoms with Gasteiger partial charge in [-0.05, 0) is 13.3 Å². The second kappa shape index (κ2) is 2.44. The molecule has 0 amide bonds. The molecule has 0 aromatic rings. The van der Waals surface area contributed by atoms with E-state index in [1.807, 2.05) is 0 Å². The van der Waals surface area contributed by atoms with Gasteiger partial charge in [0.15, 0.2) is 0 Å². The first-order chi connectivity index (χ1) is 5.21. The summed E-state index contributed by atoms with van der Waals surface area (Å²) in [5, 5.41) is 12.8. The number of β-amino-alcohol motifs (C(OH)–C–C–N with tert-alkyl or cyclic N) is 1. The first-order valence-electron chi connectivity index (χ1n) is 4.34. The molecule has 2 saturated heterocycles. The van der Waals surface area contributed by atoms with Crippen LogP contribution in [0.1, 0.15) is 13.3 Å². The van der Waals surface area contributed by atoms with Gasteiger partial charge in [-0.15, -0.1) is 0 Å². The SMILES string of the molecule is C[C@]12CNCCN1C[C@H](O)C2. The summed E-state index contributed by atoms with van der Waals surface area (Å²) in [5.74, 6) is 0. The van der Waals surface area contributed by atoms with Gasteiger partial charge in [0.1, 0.15) is 0 Å². The molecule has 3 heteroatoms. The van der Waals surface area contributed by atoms with Gasteiger partial charge >= 0.3 is 0 Å². The highest BCUT2D eigenvalue weighted by Crippen LogP contribution is 2.29. The van der Waals surface area contributed by atoms with Gasteiger partial charge < -0.3 is 10.4 Å². The van der Waals surface area contributed by atoms with E-state index in [-0.39, 0.29) is 11.6 Å². The van der Waals surface area contributed by atoms with Crippen LogP contribution in [0.4, 0.5) is 0 Å². The molecule has 2 heterocycles. The number of hydrogen-bond donors (Lipinski definition) is 2. The molecule has 2 N–H and O–H groups in total. The molecule has 2 aliphatic rings. The molecule has 0 radical (unpaired) electrons. The van der Waals surface area contributed by atoms with Crippen LogP contribution in [0.5, 0.6) is 0 Å². The molecular weight excluding hydrogens is 140 g/mol. The van der Waals surface area contributed by atoms with Gasteiger partial charge in [0.05, 0.1) is 6.10 Å². The van der Waals surface area contributed by atoms with Gasteiger partial charge in [0.25, 0.3) is 0 Å². The standard InChI is InChI=1S/C8H16N2O/c1-8-4-7(11)5-10(8)3-2-9-6-8/h7,9,11H,2-6H2,1H3/t7-,8+/m1/s1. The summed E-state index contributed by atoms with van der Waals surface area (Å²) in [4.78, 5) is 2.40. The number of nitrogens with zero attached hydrogens (tertiary/aromatic N) is 1. The summed E-state index contributed by atoms with van der Waals surface area (Å²) in [6.07, 6.45) is 0.833. The highest BCUT2D eigenvalue weighted by Gasteiger charge is 2.42. The lowest BCUT2D eigenvalue weighted by Gasteiger charge is -2.39. The fraction of sp³-hybridized carbons (Fsp3) is 1.00. The fourth-order valence-corrected chi connectivity index (χ4v) is 2.29. The summed E-state index contributed by atoms with van der Waals surface area (Å²) in [5.41, 5.74) is 0.234. The number of fused-ring (bicyclic) bond motifs is 1. The molecule has 0 aliphatic carbocycles. The maximum absolute atomic E-state index is 9.46. The lowest BCUT2D eigenvalue weighted by Crippen LogP contribution is -2.55. The maximum atomic E-state index is 9.46. The molecule has 3 nitrogen and oxygen atoms in total. The number of piperazine rings is 1. The summed E-state index contributed by atoms with van der Waals surface area (Å²) in [6.45, 7) is 6.30. The monoisotopic (exact) mass is 156 g/mol. The highest BCUT2D eigenvalue weighted by atomic mass is 16.3. The van der Waals surface area contributed by atoms with Crippen molar-refractivity contribution in [3.8, 4) is 0 Å². The Kier molecular flexibility index (Phi) is 1.67. The van der Waals surface area contributed by atoms with Gasteiger partial charge in [0, 0.05) is 31.7 Å². The third-order valence-corrected chi connectivity index (χ3v) is 2.93. The minimum Gasteiger partial charge on any atom is -0.392 e. The Hall–Kier alpha value is -0.120. The Labute approximate surface area is 67.4 Å². The van der Waals surface area contributed by atoms with Crippen LogP contribution in [-0.4, -0.2) is 47.8 Å². The van der Waals surface area contributed by atoms with Crippen molar-refractivity contribution in [2.24, 2.45) is 0 Å². The Balaban J connectivity index is 2.11. The van der Waals surface area contributed by atoms with Crippen molar-refractivity contribution in [3.63, 3.8) is 0 Å². The lowest BCUT2D eigenvalue weighted by atomic mass is 9.96. The van der Waals surface area contributed by atoms with E-state index in [9.17, 15) is 5.11 Å². The molecular formula is C8H16N2O. The molecule has 0 spiro atoms. The first-order valence-corrected chi connectivity index (χ1v) is 4.34. The number of aliphatic hydroxyl groups is 1. The number of hydrogen-bond acceptors (Lipinski definition) is 3. The molecule has 0 unspecified atom stereocenters. The van der Waals surface area contributed by atoms with Crippen molar-refractivity contribution in [1.29, 1.82) is 0 Å². The zero-order valence-corrected chi connectivity index (χ0v) is 7.01. The molecule has 2 fully saturated rings. The lowest BCUT2D eigenvalue weighted by molar-refractivity contribution is 0.121. The van der Waals surface area contributed by atoms with E-state index in [0.29, 0.717) is 0 Å². The quantitative estimate of drug-likeness (QED) is 0.492. The van der Waals surface area contributed by atoms with E-state index in [2.05, 4.69) is 17.1 Å². The second-order valence-electron chi connectivity index (χ2n) is 3.98. The molecule has 11 heavy (non-hydrogen) atoms. The Morgan fingerprint density at radius 3 is 3.18 bits per heavy atom. The van der Waals surface area contributed by atoms with Crippen LogP contribution < -0.4 is 5.32 Å². The van der Waals surface area contributed by atoms with E-state index in [1.54, 1.807) is 0 Å². The average molecular weight is 156 g/mol. The van der Waals surface area contributed by atoms with Crippen molar-refractivity contribution in [2.75, 3.05) is 26.2 Å². The van der Waals surface area contributed by atoms with Crippen LogP contribution in [-0.2, 0) is 0 Å². The van der Waals surface area contributed by atoms with Crippen LogP contribution in [0.25, 0.3) is 0 Å². The smallest absolute Gasteiger partial charge is 0.0685 e. The van der Waals surface area contributed by atoms with E-state index >= 15 is 0 Å². The van der Waals surface area contributed by atoms with Crippen LogP contribution in [0.2, 0.25) is 0 Å². The molecule has 2 rings (SSSR count). The molecule has 0 aromatic heterocycles. The van der Waals surface area contributed by atoms with Crippen molar-refractivity contribution < 1.29 is 5.11 Å². The van der Waals surface area contributed by atoms with Crippen LogP contribution in [0, 0.1) is 0 Å². The predicted molar refractivity (Wildman–Crippen MR) is 43.5 cm³/mol. The third kappa shape index (κ3) is 1.17. The van der Waals surface area contributed by atoms with Crippen LogP contribution in [0.15, 0.2) is 0 Å². The summed E-state index contributed by atoms with van der Waals surface area (Å²) < 4.78 is 0. The van der Waals surface area contributed by atoms with Crippen LogP contribution >= 0.6 is 0 Å². The topological polar surface area (TPSA) is 35.5 Å². The van der Waals surface area contributed by atoms with E-state index in [4.69, 9.17) is 0 Å². The van der Waals surface area contributed by atoms with Gasteiger partial charge in [-0.1, -0.05) is 0 Å². The third-order valence-electron chi connectivity index (χ3n) is 2.93. The van der Waals surface area contributed by atoms with Gasteiger partial charge in [-0.3, -0.25) is 4.90 Å². The predicted octanol–water partition coefficient (Wildman–Crippen LogP) is -0.585. The largest absolute Gasteiger partial charge is 0.392 e. The molecule has 0 aromatic carbocycles. The molecule has 0 saturated carbocycles. The summed E-state index contributed by atoms with van der Waals surface area (Å²) in [7, 11) is 0. The zero-order chi connectivity index (χ0) is 7.90. The summed E-state index contributed by atoms with van der Waals surface area (Å²) in [6, 6.07) is 0. The Bertz CT molecular complexity index is 162. The van der Waals surface area contributed by atoms with Crippen LogP contribution in [0.3, 0.4) is 0 Å². The molecule has 0 bridgehead atoms. The van der Waals surface area contributed by atoms with E-state index < -0.39 is 0 Å².